The van der Waals surface area contributed by atoms with E-state index in [0.717, 1.165) is 0 Å². The van der Waals surface area contributed by atoms with E-state index in [4.69, 9.17) is 0 Å². The Balaban J connectivity index is 4.01. The van der Waals surface area contributed by atoms with Crippen LogP contribution in [0, 0.1) is 0 Å². The average molecular weight is 128 g/mol. The van der Waals surface area contributed by atoms with Gasteiger partial charge >= 0.3 is 0 Å². The quantitative estimate of drug-likeness (QED) is 0.547. The predicted octanol–water partition coefficient (Wildman–Crippen LogP) is 0.971. The van der Waals surface area contributed by atoms with Gasteiger partial charge in [0.1, 0.15) is 0 Å². The standard InChI is InChI=1S/C7H16N2/c1-6-7(8(2)3)9(4)5/h6H,1-5H3. The summed E-state index contributed by atoms with van der Waals surface area (Å²) < 4.78 is 0. The second-order valence-electron chi connectivity index (χ2n) is 2.44. The van der Waals surface area contributed by atoms with Crippen LogP contribution in [0.15, 0.2) is 11.9 Å². The molecule has 0 rings (SSSR count). The molecule has 2 nitrogen and oxygen atoms in total. The lowest BCUT2D eigenvalue weighted by molar-refractivity contribution is 0.342. The molecule has 0 unspecified atom stereocenters. The average Bonchev–Trinajstić information content (AvgIpc) is 1.64. The Morgan fingerprint density at radius 3 is 1.33 bits per heavy atom. The number of allylic oxidation sites excluding steroid dienone is 1. The van der Waals surface area contributed by atoms with E-state index in [9.17, 15) is 0 Å². The summed E-state index contributed by atoms with van der Waals surface area (Å²) in [6.45, 7) is 2.04. The van der Waals surface area contributed by atoms with Gasteiger partial charge in [0, 0.05) is 28.2 Å². The number of nitrogens with zero attached hydrogens (tertiary/aromatic N) is 2. The van der Waals surface area contributed by atoms with Gasteiger partial charge in [-0.15, -0.1) is 0 Å². The van der Waals surface area contributed by atoms with Crippen molar-refractivity contribution in [3.63, 3.8) is 0 Å². The summed E-state index contributed by atoms with van der Waals surface area (Å²) in [7, 11) is 8.15. The Hall–Kier alpha value is -0.660. The van der Waals surface area contributed by atoms with Crippen LogP contribution in [-0.2, 0) is 0 Å². The fourth-order valence-electron chi connectivity index (χ4n) is 0.916. The van der Waals surface area contributed by atoms with E-state index in [1.165, 1.54) is 5.82 Å². The molecule has 0 aliphatic rings. The summed E-state index contributed by atoms with van der Waals surface area (Å²) in [5.41, 5.74) is 0. The van der Waals surface area contributed by atoms with E-state index in [2.05, 4.69) is 15.9 Å². The van der Waals surface area contributed by atoms with Crippen LogP contribution in [0.1, 0.15) is 6.92 Å². The fraction of sp³-hybridized carbons (Fsp3) is 0.714. The van der Waals surface area contributed by atoms with E-state index in [1.54, 1.807) is 0 Å². The van der Waals surface area contributed by atoms with Crippen molar-refractivity contribution in [1.29, 1.82) is 0 Å². The molecule has 0 heterocycles. The lowest BCUT2D eigenvalue weighted by Crippen LogP contribution is -2.24. The van der Waals surface area contributed by atoms with Crippen LogP contribution in [-0.4, -0.2) is 38.0 Å². The molecular formula is C7H16N2. The van der Waals surface area contributed by atoms with Crippen molar-refractivity contribution in [3.05, 3.63) is 11.9 Å². The van der Waals surface area contributed by atoms with Crippen molar-refractivity contribution in [2.45, 2.75) is 6.92 Å². The third-order valence-corrected chi connectivity index (χ3v) is 1.17. The van der Waals surface area contributed by atoms with Crippen LogP contribution >= 0.6 is 0 Å². The largest absolute Gasteiger partial charge is 0.365 e. The van der Waals surface area contributed by atoms with E-state index in [-0.39, 0.29) is 0 Å². The number of rotatable bonds is 2. The molecule has 0 atom stereocenters. The highest BCUT2D eigenvalue weighted by molar-refractivity contribution is 4.93. The summed E-state index contributed by atoms with van der Waals surface area (Å²) in [6, 6.07) is 0. The summed E-state index contributed by atoms with van der Waals surface area (Å²) in [4.78, 5) is 4.17. The molecule has 0 aromatic rings. The highest BCUT2D eigenvalue weighted by Gasteiger charge is 1.97. The zero-order chi connectivity index (χ0) is 7.44. The van der Waals surface area contributed by atoms with Gasteiger partial charge in [0.25, 0.3) is 0 Å². The molecule has 0 radical (unpaired) electrons. The van der Waals surface area contributed by atoms with Gasteiger partial charge < -0.3 is 9.80 Å². The lowest BCUT2D eigenvalue weighted by atomic mass is 10.5. The molecule has 0 spiro atoms. The van der Waals surface area contributed by atoms with Crippen molar-refractivity contribution < 1.29 is 0 Å². The molecule has 9 heavy (non-hydrogen) atoms. The number of hydrogen-bond donors (Lipinski definition) is 0. The molecule has 0 N–H and O–H groups in total. The van der Waals surface area contributed by atoms with E-state index >= 15 is 0 Å². The van der Waals surface area contributed by atoms with E-state index < -0.39 is 0 Å². The Bertz CT molecular complexity index is 93.5. The molecular weight excluding hydrogens is 112 g/mol. The van der Waals surface area contributed by atoms with Gasteiger partial charge in [-0.2, -0.15) is 0 Å². The van der Waals surface area contributed by atoms with Crippen LogP contribution in [0.2, 0.25) is 0 Å². The third kappa shape index (κ3) is 2.40. The molecule has 54 valence electrons. The summed E-state index contributed by atoms with van der Waals surface area (Å²) in [5.74, 6) is 1.23. The Labute approximate surface area is 57.8 Å². The SMILES string of the molecule is CC=C(N(C)C)N(C)C. The summed E-state index contributed by atoms with van der Waals surface area (Å²) in [5, 5.41) is 0. The first kappa shape index (κ1) is 8.34. The normalized spacial score (nSPS) is 8.56. The van der Waals surface area contributed by atoms with Gasteiger partial charge in [-0.1, -0.05) is 0 Å². The maximum absolute atomic E-state index is 2.08. The van der Waals surface area contributed by atoms with Crippen LogP contribution in [0.25, 0.3) is 0 Å². The van der Waals surface area contributed by atoms with E-state index in [0.29, 0.717) is 0 Å². The van der Waals surface area contributed by atoms with Crippen molar-refractivity contribution in [3.8, 4) is 0 Å². The fourth-order valence-corrected chi connectivity index (χ4v) is 0.916. The minimum absolute atomic E-state index is 1.23. The zero-order valence-corrected chi connectivity index (χ0v) is 6.97. The van der Waals surface area contributed by atoms with Gasteiger partial charge in [0.2, 0.25) is 0 Å². The molecule has 0 saturated heterocycles. The Kier molecular flexibility index (Phi) is 3.13. The van der Waals surface area contributed by atoms with Crippen LogP contribution in [0.3, 0.4) is 0 Å². The monoisotopic (exact) mass is 128 g/mol. The minimum atomic E-state index is 1.23. The van der Waals surface area contributed by atoms with Gasteiger partial charge in [-0.05, 0) is 13.0 Å². The first-order valence-electron chi connectivity index (χ1n) is 3.10. The maximum atomic E-state index is 2.08. The van der Waals surface area contributed by atoms with Crippen molar-refractivity contribution in [2.24, 2.45) is 0 Å². The number of hydrogen-bond acceptors (Lipinski definition) is 2. The van der Waals surface area contributed by atoms with Crippen LogP contribution in [0.5, 0.6) is 0 Å². The zero-order valence-electron chi connectivity index (χ0n) is 6.97. The Morgan fingerprint density at radius 2 is 1.33 bits per heavy atom. The lowest BCUT2D eigenvalue weighted by Gasteiger charge is -2.23. The predicted molar refractivity (Wildman–Crippen MR) is 41.1 cm³/mol. The molecule has 2 heteroatoms. The van der Waals surface area contributed by atoms with Gasteiger partial charge in [0.05, 0.1) is 5.82 Å². The first-order chi connectivity index (χ1) is 4.09. The maximum Gasteiger partial charge on any atom is 0.0984 e. The molecule has 0 aromatic heterocycles. The van der Waals surface area contributed by atoms with Crippen LogP contribution < -0.4 is 0 Å². The van der Waals surface area contributed by atoms with Crippen molar-refractivity contribution in [1.82, 2.24) is 9.80 Å². The summed E-state index contributed by atoms with van der Waals surface area (Å²) in [6.07, 6.45) is 2.08. The van der Waals surface area contributed by atoms with Crippen LogP contribution in [0.4, 0.5) is 0 Å². The molecule has 0 aromatic carbocycles. The van der Waals surface area contributed by atoms with Gasteiger partial charge in [0.15, 0.2) is 0 Å². The van der Waals surface area contributed by atoms with Crippen molar-refractivity contribution >= 4 is 0 Å². The second kappa shape index (κ2) is 3.38. The third-order valence-electron chi connectivity index (χ3n) is 1.17. The molecule has 0 bridgehead atoms. The highest BCUT2D eigenvalue weighted by Crippen LogP contribution is 1.99. The van der Waals surface area contributed by atoms with Crippen molar-refractivity contribution in [2.75, 3.05) is 28.2 Å². The van der Waals surface area contributed by atoms with Gasteiger partial charge in [-0.3, -0.25) is 0 Å². The molecule has 0 fully saturated rings. The highest BCUT2D eigenvalue weighted by atomic mass is 15.3. The first-order valence-corrected chi connectivity index (χ1v) is 3.10. The summed E-state index contributed by atoms with van der Waals surface area (Å²) >= 11 is 0. The van der Waals surface area contributed by atoms with Gasteiger partial charge in [-0.25, -0.2) is 0 Å². The minimum Gasteiger partial charge on any atom is -0.365 e. The molecule has 0 aliphatic heterocycles. The molecule has 0 saturated carbocycles. The molecule has 0 aliphatic carbocycles. The Morgan fingerprint density at radius 1 is 1.00 bits per heavy atom. The topological polar surface area (TPSA) is 6.48 Å². The smallest absolute Gasteiger partial charge is 0.0984 e. The molecule has 0 amide bonds. The second-order valence-corrected chi connectivity index (χ2v) is 2.44. The van der Waals surface area contributed by atoms with E-state index in [1.807, 2.05) is 35.1 Å².